The maximum absolute atomic E-state index is 12.6. The molecule has 0 spiro atoms. The van der Waals surface area contributed by atoms with Gasteiger partial charge in [0.15, 0.2) is 0 Å². The Balaban J connectivity index is 1.36. The highest BCUT2D eigenvalue weighted by Crippen LogP contribution is 2.43. The van der Waals surface area contributed by atoms with E-state index in [1.807, 2.05) is 23.1 Å². The summed E-state index contributed by atoms with van der Waals surface area (Å²) in [5.74, 6) is 2.11. The molecule has 22 heavy (non-hydrogen) atoms. The van der Waals surface area contributed by atoms with Crippen LogP contribution in [0.4, 0.5) is 0 Å². The minimum absolute atomic E-state index is 0.134. The zero-order chi connectivity index (χ0) is 15.1. The van der Waals surface area contributed by atoms with Gasteiger partial charge in [0.25, 0.3) is 5.91 Å². The number of nitrogens with zero attached hydrogens (tertiary/aromatic N) is 1. The van der Waals surface area contributed by atoms with Crippen molar-refractivity contribution in [3.63, 3.8) is 0 Å². The molecular weight excluding hydrogens is 296 g/mol. The van der Waals surface area contributed by atoms with Gasteiger partial charge in [-0.25, -0.2) is 0 Å². The number of hydrogen-bond donors (Lipinski definition) is 1. The highest BCUT2D eigenvalue weighted by atomic mass is 35.5. The van der Waals surface area contributed by atoms with Crippen molar-refractivity contribution in [2.45, 2.75) is 31.7 Å². The molecule has 4 rings (SSSR count). The van der Waals surface area contributed by atoms with Crippen molar-refractivity contribution in [2.24, 2.45) is 11.8 Å². The number of hydrogen-bond acceptors (Lipinski definition) is 1. The lowest BCUT2D eigenvalue weighted by atomic mass is 9.93. The Kier molecular flexibility index (Phi) is 3.87. The normalized spacial score (nSPS) is 31.7. The van der Waals surface area contributed by atoms with Gasteiger partial charge in [-0.1, -0.05) is 17.7 Å². The van der Waals surface area contributed by atoms with Crippen LogP contribution >= 0.6 is 11.6 Å². The number of amides is 1. The molecule has 0 unspecified atom stereocenters. The predicted octanol–water partition coefficient (Wildman–Crippen LogP) is 1.87. The fraction of sp³-hybridized carbons (Fsp3) is 0.611. The Hall–Kier alpha value is -1.06. The number of benzene rings is 1. The van der Waals surface area contributed by atoms with Gasteiger partial charge in [0, 0.05) is 22.9 Å². The van der Waals surface area contributed by atoms with Crippen LogP contribution < -0.4 is 4.90 Å². The number of carbonyl (C=O) groups is 1. The van der Waals surface area contributed by atoms with Crippen LogP contribution in [-0.2, 0) is 0 Å². The SMILES string of the molecule is O=C(c1cccc(Cl)c1)N1CC[NH+]([C@H]2C[C@H]3CC[C@@H]2C3)CC1. The van der Waals surface area contributed by atoms with E-state index in [9.17, 15) is 4.79 Å². The third-order valence-electron chi connectivity index (χ3n) is 6.03. The molecule has 2 aliphatic carbocycles. The number of halogens is 1. The molecule has 1 amide bonds. The second kappa shape index (κ2) is 5.86. The molecule has 1 aromatic carbocycles. The van der Waals surface area contributed by atoms with Crippen LogP contribution in [0.1, 0.15) is 36.0 Å². The van der Waals surface area contributed by atoms with Gasteiger partial charge in [-0.3, -0.25) is 4.79 Å². The minimum atomic E-state index is 0.134. The van der Waals surface area contributed by atoms with Crippen LogP contribution in [0.25, 0.3) is 0 Å². The maximum atomic E-state index is 12.6. The van der Waals surface area contributed by atoms with Crippen LogP contribution in [-0.4, -0.2) is 43.0 Å². The summed E-state index contributed by atoms with van der Waals surface area (Å²) in [5, 5.41) is 0.636. The Morgan fingerprint density at radius 3 is 2.64 bits per heavy atom. The Labute approximate surface area is 137 Å². The third kappa shape index (κ3) is 2.65. The van der Waals surface area contributed by atoms with E-state index in [0.29, 0.717) is 5.02 Å². The van der Waals surface area contributed by atoms with Crippen LogP contribution in [0.15, 0.2) is 24.3 Å². The van der Waals surface area contributed by atoms with Crippen molar-refractivity contribution in [1.82, 2.24) is 4.90 Å². The van der Waals surface area contributed by atoms with Gasteiger partial charge < -0.3 is 9.80 Å². The standard InChI is InChI=1S/C18H23ClN2O/c19-16-3-1-2-15(12-16)18(22)21-8-6-20(7-9-21)17-11-13-4-5-14(17)10-13/h1-3,12-14,17H,4-11H2/p+1/t13-,14+,17-/m0/s1. The van der Waals surface area contributed by atoms with Crippen molar-refractivity contribution in [3.8, 4) is 0 Å². The smallest absolute Gasteiger partial charge is 0.254 e. The number of fused-ring (bicyclic) bond motifs is 2. The molecule has 3 fully saturated rings. The first kappa shape index (κ1) is 14.5. The number of carbonyl (C=O) groups excluding carboxylic acids is 1. The molecule has 3 atom stereocenters. The average molecular weight is 320 g/mol. The molecule has 1 N–H and O–H groups in total. The second-order valence-corrected chi connectivity index (χ2v) is 7.68. The van der Waals surface area contributed by atoms with Crippen molar-refractivity contribution in [2.75, 3.05) is 26.2 Å². The van der Waals surface area contributed by atoms with Crippen molar-refractivity contribution >= 4 is 17.5 Å². The maximum Gasteiger partial charge on any atom is 0.254 e. The van der Waals surface area contributed by atoms with Crippen molar-refractivity contribution in [3.05, 3.63) is 34.9 Å². The van der Waals surface area contributed by atoms with E-state index >= 15 is 0 Å². The molecule has 1 saturated heterocycles. The fourth-order valence-electron chi connectivity index (χ4n) is 4.92. The quantitative estimate of drug-likeness (QED) is 0.884. The van der Waals surface area contributed by atoms with Gasteiger partial charge in [-0.2, -0.15) is 0 Å². The van der Waals surface area contributed by atoms with Crippen LogP contribution in [0, 0.1) is 11.8 Å². The fourth-order valence-corrected chi connectivity index (χ4v) is 5.11. The lowest BCUT2D eigenvalue weighted by molar-refractivity contribution is -0.932. The number of piperazine rings is 1. The summed E-state index contributed by atoms with van der Waals surface area (Å²) in [6.45, 7) is 3.99. The van der Waals surface area contributed by atoms with Crippen molar-refractivity contribution < 1.29 is 9.69 Å². The summed E-state index contributed by atoms with van der Waals surface area (Å²) < 4.78 is 0. The molecule has 1 heterocycles. The van der Waals surface area contributed by atoms with E-state index in [1.165, 1.54) is 25.7 Å². The minimum Gasteiger partial charge on any atom is -0.329 e. The summed E-state index contributed by atoms with van der Waals surface area (Å²) in [6, 6.07) is 8.19. The van der Waals surface area contributed by atoms with Gasteiger partial charge in [-0.05, 0) is 43.4 Å². The lowest BCUT2D eigenvalue weighted by Crippen LogP contribution is -3.18. The van der Waals surface area contributed by atoms with Gasteiger partial charge in [-0.15, -0.1) is 0 Å². The van der Waals surface area contributed by atoms with E-state index in [4.69, 9.17) is 11.6 Å². The van der Waals surface area contributed by atoms with Crippen LogP contribution in [0.2, 0.25) is 5.02 Å². The van der Waals surface area contributed by atoms with E-state index in [2.05, 4.69) is 0 Å². The second-order valence-electron chi connectivity index (χ2n) is 7.24. The Morgan fingerprint density at radius 2 is 2.00 bits per heavy atom. The predicted molar refractivity (Wildman–Crippen MR) is 87.3 cm³/mol. The molecular formula is C18H24ClN2O+. The van der Waals surface area contributed by atoms with Crippen molar-refractivity contribution in [1.29, 1.82) is 0 Å². The molecule has 2 saturated carbocycles. The lowest BCUT2D eigenvalue weighted by Gasteiger charge is -2.38. The zero-order valence-electron chi connectivity index (χ0n) is 12.9. The summed E-state index contributed by atoms with van der Waals surface area (Å²) >= 11 is 6.00. The molecule has 1 aliphatic heterocycles. The number of quaternary nitrogens is 1. The van der Waals surface area contributed by atoms with Crippen LogP contribution in [0.3, 0.4) is 0 Å². The molecule has 1 aromatic rings. The summed E-state index contributed by atoms with van der Waals surface area (Å²) in [4.78, 5) is 16.3. The van der Waals surface area contributed by atoms with E-state index < -0.39 is 0 Å². The van der Waals surface area contributed by atoms with Gasteiger partial charge in [0.1, 0.15) is 0 Å². The van der Waals surface area contributed by atoms with Gasteiger partial charge >= 0.3 is 0 Å². The van der Waals surface area contributed by atoms with E-state index in [1.54, 1.807) is 11.0 Å². The van der Waals surface area contributed by atoms with E-state index in [0.717, 1.165) is 49.6 Å². The summed E-state index contributed by atoms with van der Waals surface area (Å²) in [5.41, 5.74) is 0.718. The average Bonchev–Trinajstić information content (AvgIpc) is 3.17. The Morgan fingerprint density at radius 1 is 1.18 bits per heavy atom. The number of rotatable bonds is 2. The largest absolute Gasteiger partial charge is 0.329 e. The van der Waals surface area contributed by atoms with Crippen LogP contribution in [0.5, 0.6) is 0 Å². The molecule has 118 valence electrons. The van der Waals surface area contributed by atoms with Gasteiger partial charge in [0.2, 0.25) is 0 Å². The Bertz CT molecular complexity index is 568. The monoisotopic (exact) mass is 319 g/mol. The molecule has 3 nitrogen and oxygen atoms in total. The van der Waals surface area contributed by atoms with E-state index in [-0.39, 0.29) is 5.91 Å². The first-order chi connectivity index (χ1) is 10.7. The van der Waals surface area contributed by atoms with Gasteiger partial charge in [0.05, 0.1) is 32.2 Å². The first-order valence-electron chi connectivity index (χ1n) is 8.60. The molecule has 4 heteroatoms. The summed E-state index contributed by atoms with van der Waals surface area (Å²) in [7, 11) is 0. The molecule has 0 aromatic heterocycles. The summed E-state index contributed by atoms with van der Waals surface area (Å²) in [6.07, 6.45) is 5.82. The number of nitrogens with one attached hydrogen (secondary N) is 1. The first-order valence-corrected chi connectivity index (χ1v) is 8.98. The topological polar surface area (TPSA) is 24.8 Å². The molecule has 3 aliphatic rings. The highest BCUT2D eigenvalue weighted by Gasteiger charge is 2.45. The highest BCUT2D eigenvalue weighted by molar-refractivity contribution is 6.30. The third-order valence-corrected chi connectivity index (χ3v) is 6.26. The zero-order valence-corrected chi connectivity index (χ0v) is 13.7. The molecule has 0 radical (unpaired) electrons. The molecule has 2 bridgehead atoms.